The van der Waals surface area contributed by atoms with Crippen LogP contribution in [0.4, 0.5) is 0 Å². The molecule has 5 nitrogen and oxygen atoms in total. The second kappa shape index (κ2) is 6.20. The van der Waals surface area contributed by atoms with Gasteiger partial charge in [-0.3, -0.25) is 4.79 Å². The number of rotatable bonds is 4. The van der Waals surface area contributed by atoms with Crippen LogP contribution in [0.25, 0.3) is 10.9 Å². The first-order valence-electron chi connectivity index (χ1n) is 7.58. The van der Waals surface area contributed by atoms with Gasteiger partial charge in [-0.15, -0.1) is 0 Å². The van der Waals surface area contributed by atoms with Crippen molar-refractivity contribution in [3.63, 3.8) is 0 Å². The van der Waals surface area contributed by atoms with Crippen LogP contribution in [0.1, 0.15) is 33.2 Å². The molecule has 0 saturated carbocycles. The third-order valence-electron chi connectivity index (χ3n) is 3.88. The van der Waals surface area contributed by atoms with Crippen LogP contribution in [0, 0.1) is 6.92 Å². The van der Waals surface area contributed by atoms with Gasteiger partial charge in [-0.25, -0.2) is 4.79 Å². The molecule has 122 valence electrons. The Morgan fingerprint density at radius 2 is 1.88 bits per heavy atom. The second-order valence-corrected chi connectivity index (χ2v) is 5.68. The fourth-order valence-corrected chi connectivity index (χ4v) is 2.59. The number of phenols is 1. The summed E-state index contributed by atoms with van der Waals surface area (Å²) in [6.45, 7) is 3.32. The highest BCUT2D eigenvalue weighted by molar-refractivity contribution is 6.10. The number of fused-ring (bicyclic) bond motifs is 1. The Morgan fingerprint density at radius 1 is 1.12 bits per heavy atom. The van der Waals surface area contributed by atoms with Crippen molar-refractivity contribution in [2.45, 2.75) is 20.0 Å². The molecule has 0 amide bonds. The van der Waals surface area contributed by atoms with Crippen molar-refractivity contribution in [3.8, 4) is 5.75 Å². The lowest BCUT2D eigenvalue weighted by atomic mass is 10.1. The monoisotopic (exact) mass is 323 g/mol. The molecular weight excluding hydrogens is 306 g/mol. The number of hydrogen-bond acceptors (Lipinski definition) is 4. The number of H-pyrrole nitrogens is 1. The van der Waals surface area contributed by atoms with E-state index in [4.69, 9.17) is 4.74 Å². The Hall–Kier alpha value is -3.08. The molecule has 0 aliphatic rings. The van der Waals surface area contributed by atoms with E-state index >= 15 is 0 Å². The number of esters is 1. The zero-order valence-electron chi connectivity index (χ0n) is 13.4. The Bertz CT molecular complexity index is 926. The van der Waals surface area contributed by atoms with Crippen LogP contribution >= 0.6 is 0 Å². The predicted octanol–water partition coefficient (Wildman–Crippen LogP) is 3.61. The predicted molar refractivity (Wildman–Crippen MR) is 90.4 cm³/mol. The quantitative estimate of drug-likeness (QED) is 0.568. The zero-order chi connectivity index (χ0) is 17.3. The number of hydrogen-bond donors (Lipinski definition) is 2. The summed E-state index contributed by atoms with van der Waals surface area (Å²) in [5, 5.41) is 10.6. The van der Waals surface area contributed by atoms with Gasteiger partial charge < -0.3 is 14.8 Å². The van der Waals surface area contributed by atoms with Gasteiger partial charge in [-0.2, -0.15) is 0 Å². The standard InChI is InChI=1S/C19H17NO4/c1-11-7-8-14(17(21)9-11)19(23)24-12(2)18(22)15-10-20-16-6-4-3-5-13(15)16/h3-10,12,20-21H,1-2H3/t12-/m0/s1. The van der Waals surface area contributed by atoms with Crippen LogP contribution in [0.5, 0.6) is 5.75 Å². The lowest BCUT2D eigenvalue weighted by Crippen LogP contribution is -2.24. The molecule has 2 aromatic carbocycles. The average molecular weight is 323 g/mol. The molecule has 2 N–H and O–H groups in total. The molecule has 1 aromatic heterocycles. The number of benzene rings is 2. The Kier molecular flexibility index (Phi) is 4.08. The van der Waals surface area contributed by atoms with Gasteiger partial charge in [0.05, 0.1) is 0 Å². The molecule has 0 radical (unpaired) electrons. The fourth-order valence-electron chi connectivity index (χ4n) is 2.59. The summed E-state index contributed by atoms with van der Waals surface area (Å²) >= 11 is 0. The van der Waals surface area contributed by atoms with Crippen LogP contribution in [-0.4, -0.2) is 27.9 Å². The highest BCUT2D eigenvalue weighted by Crippen LogP contribution is 2.22. The lowest BCUT2D eigenvalue weighted by molar-refractivity contribution is 0.0316. The van der Waals surface area contributed by atoms with Crippen molar-refractivity contribution in [1.82, 2.24) is 4.98 Å². The summed E-state index contributed by atoms with van der Waals surface area (Å²) in [5.74, 6) is -1.19. The number of nitrogens with one attached hydrogen (secondary N) is 1. The van der Waals surface area contributed by atoms with E-state index in [1.54, 1.807) is 19.2 Å². The fraction of sp³-hybridized carbons (Fsp3) is 0.158. The molecule has 1 heterocycles. The molecule has 24 heavy (non-hydrogen) atoms. The van der Waals surface area contributed by atoms with Gasteiger partial charge in [0.2, 0.25) is 5.78 Å². The van der Waals surface area contributed by atoms with Crippen LogP contribution in [0.2, 0.25) is 0 Å². The SMILES string of the molecule is Cc1ccc(C(=O)O[C@@H](C)C(=O)c2c[nH]c3ccccc23)c(O)c1. The van der Waals surface area contributed by atoms with Crippen molar-refractivity contribution in [2.24, 2.45) is 0 Å². The number of carbonyl (C=O) groups is 2. The molecule has 3 aromatic rings. The number of Topliss-reactive ketones (excluding diaryl/α,β-unsaturated/α-hetero) is 1. The minimum atomic E-state index is -0.961. The zero-order valence-corrected chi connectivity index (χ0v) is 13.4. The van der Waals surface area contributed by atoms with Crippen LogP contribution in [-0.2, 0) is 4.74 Å². The molecule has 0 fully saturated rings. The summed E-state index contributed by atoms with van der Waals surface area (Å²) in [6, 6.07) is 12.1. The van der Waals surface area contributed by atoms with Crippen LogP contribution in [0.3, 0.4) is 0 Å². The van der Waals surface area contributed by atoms with Crippen molar-refractivity contribution in [3.05, 3.63) is 65.4 Å². The average Bonchev–Trinajstić information content (AvgIpc) is 2.97. The molecule has 0 aliphatic heterocycles. The smallest absolute Gasteiger partial charge is 0.342 e. The van der Waals surface area contributed by atoms with E-state index in [-0.39, 0.29) is 17.1 Å². The van der Waals surface area contributed by atoms with E-state index in [0.29, 0.717) is 5.56 Å². The van der Waals surface area contributed by atoms with Crippen LogP contribution < -0.4 is 0 Å². The number of para-hydroxylation sites is 1. The molecule has 0 spiro atoms. The second-order valence-electron chi connectivity index (χ2n) is 5.68. The van der Waals surface area contributed by atoms with E-state index in [1.165, 1.54) is 19.1 Å². The Labute approximate surface area is 138 Å². The summed E-state index contributed by atoms with van der Waals surface area (Å²) < 4.78 is 5.23. The van der Waals surface area contributed by atoms with Crippen molar-refractivity contribution in [1.29, 1.82) is 0 Å². The maximum Gasteiger partial charge on any atom is 0.342 e. The lowest BCUT2D eigenvalue weighted by Gasteiger charge is -2.13. The van der Waals surface area contributed by atoms with E-state index < -0.39 is 12.1 Å². The molecule has 0 saturated heterocycles. The minimum absolute atomic E-state index is 0.0409. The Morgan fingerprint density at radius 3 is 2.62 bits per heavy atom. The van der Waals surface area contributed by atoms with E-state index in [1.807, 2.05) is 24.3 Å². The van der Waals surface area contributed by atoms with Crippen molar-refractivity contribution >= 4 is 22.7 Å². The normalized spacial score (nSPS) is 12.1. The molecule has 3 rings (SSSR count). The third-order valence-corrected chi connectivity index (χ3v) is 3.88. The number of ketones is 1. The third kappa shape index (κ3) is 2.88. The molecular formula is C19H17NO4. The maximum absolute atomic E-state index is 12.6. The topological polar surface area (TPSA) is 79.4 Å². The van der Waals surface area contributed by atoms with Gasteiger partial charge in [0.1, 0.15) is 11.3 Å². The number of aromatic hydroxyl groups is 1. The van der Waals surface area contributed by atoms with E-state index in [9.17, 15) is 14.7 Å². The van der Waals surface area contributed by atoms with Gasteiger partial charge in [0.15, 0.2) is 6.10 Å². The number of aromatic amines is 1. The molecule has 5 heteroatoms. The molecule has 1 atom stereocenters. The summed E-state index contributed by atoms with van der Waals surface area (Å²) in [5.41, 5.74) is 2.18. The number of aryl methyl sites for hydroxylation is 1. The summed E-state index contributed by atoms with van der Waals surface area (Å²) in [6.07, 6.45) is 0.651. The van der Waals surface area contributed by atoms with Crippen molar-refractivity contribution < 1.29 is 19.4 Å². The van der Waals surface area contributed by atoms with Gasteiger partial charge >= 0.3 is 5.97 Å². The first-order valence-corrected chi connectivity index (χ1v) is 7.58. The highest BCUT2D eigenvalue weighted by Gasteiger charge is 2.24. The van der Waals surface area contributed by atoms with E-state index in [0.717, 1.165) is 16.5 Å². The van der Waals surface area contributed by atoms with Gasteiger partial charge in [-0.05, 0) is 37.6 Å². The first kappa shape index (κ1) is 15.8. The van der Waals surface area contributed by atoms with Crippen molar-refractivity contribution in [2.75, 3.05) is 0 Å². The number of phenolic OH excluding ortho intramolecular Hbond substituents is 1. The van der Waals surface area contributed by atoms with Crippen LogP contribution in [0.15, 0.2) is 48.7 Å². The van der Waals surface area contributed by atoms with Gasteiger partial charge in [0, 0.05) is 22.7 Å². The van der Waals surface area contributed by atoms with Gasteiger partial charge in [0.25, 0.3) is 0 Å². The summed E-state index contributed by atoms with van der Waals surface area (Å²) in [7, 11) is 0. The first-order chi connectivity index (χ1) is 11.5. The molecule has 0 aliphatic carbocycles. The summed E-state index contributed by atoms with van der Waals surface area (Å²) in [4.78, 5) is 27.8. The molecule has 0 bridgehead atoms. The Balaban J connectivity index is 1.80. The number of ether oxygens (including phenoxy) is 1. The number of aromatic nitrogens is 1. The minimum Gasteiger partial charge on any atom is -0.507 e. The highest BCUT2D eigenvalue weighted by atomic mass is 16.5. The maximum atomic E-state index is 12.6. The number of carbonyl (C=O) groups excluding carboxylic acids is 2. The van der Waals surface area contributed by atoms with E-state index in [2.05, 4.69) is 4.98 Å². The van der Waals surface area contributed by atoms with Gasteiger partial charge in [-0.1, -0.05) is 24.3 Å². The largest absolute Gasteiger partial charge is 0.507 e. The molecule has 0 unspecified atom stereocenters.